The number of phenols is 1. The topological polar surface area (TPSA) is 53.0 Å². The van der Waals surface area contributed by atoms with Crippen molar-refractivity contribution in [3.05, 3.63) is 53.6 Å². The molecule has 0 radical (unpaired) electrons. The minimum absolute atomic E-state index is 0.00316. The molecule has 2 aliphatic heterocycles. The third-order valence-corrected chi connectivity index (χ3v) is 6.02. The first kappa shape index (κ1) is 22.2. The molecule has 0 saturated carbocycles. The maximum Gasteiger partial charge on any atom is 0.387 e. The molecule has 2 saturated heterocycles. The second-order valence-corrected chi connectivity index (χ2v) is 8.21. The number of hydrogen-bond acceptors (Lipinski definition) is 4. The monoisotopic (exact) mass is 452 g/mol. The lowest BCUT2D eigenvalue weighted by Gasteiger charge is -2.40. The fraction of sp³-hybridized carbons (Fsp3) is 0.435. The van der Waals surface area contributed by atoms with Gasteiger partial charge < -0.3 is 19.6 Å². The lowest BCUT2D eigenvalue weighted by atomic mass is 9.86. The highest BCUT2D eigenvalue weighted by Crippen LogP contribution is 2.44. The molecule has 1 amide bonds. The fourth-order valence-electron chi connectivity index (χ4n) is 4.46. The summed E-state index contributed by atoms with van der Waals surface area (Å²) in [5, 5.41) is 9.43. The van der Waals surface area contributed by atoms with Crippen molar-refractivity contribution in [2.24, 2.45) is 0 Å². The highest BCUT2D eigenvalue weighted by atomic mass is 19.3. The van der Waals surface area contributed by atoms with Gasteiger partial charge in [0, 0.05) is 26.1 Å². The average molecular weight is 452 g/mol. The third-order valence-electron chi connectivity index (χ3n) is 6.02. The molecule has 2 fully saturated rings. The molecule has 0 bridgehead atoms. The van der Waals surface area contributed by atoms with Crippen LogP contribution in [0.25, 0.3) is 0 Å². The second kappa shape index (κ2) is 8.88. The van der Waals surface area contributed by atoms with Crippen LogP contribution < -0.4 is 9.64 Å². The summed E-state index contributed by atoms with van der Waals surface area (Å²) in [5.41, 5.74) is 1.25. The summed E-state index contributed by atoms with van der Waals surface area (Å²) in [6.45, 7) is -2.63. The smallest absolute Gasteiger partial charge is 0.387 e. The number of hydrogen-bond donors (Lipinski definition) is 1. The molecule has 1 N–H and O–H groups in total. The first-order chi connectivity index (χ1) is 15.2. The van der Waals surface area contributed by atoms with E-state index in [4.69, 9.17) is 0 Å². The van der Waals surface area contributed by atoms with Gasteiger partial charge in [0.15, 0.2) is 0 Å². The molecule has 1 unspecified atom stereocenters. The van der Waals surface area contributed by atoms with E-state index in [-0.39, 0.29) is 36.1 Å². The molecule has 2 heterocycles. The van der Waals surface area contributed by atoms with Crippen molar-refractivity contribution >= 4 is 11.6 Å². The molecular weight excluding hydrogens is 428 g/mol. The number of alkyl halides is 4. The van der Waals surface area contributed by atoms with E-state index < -0.39 is 25.0 Å². The summed E-state index contributed by atoms with van der Waals surface area (Å²) in [5.74, 6) is -4.34. The number of phenolic OH excluding ortho intramolecular Hbond substituents is 1. The predicted molar refractivity (Wildman–Crippen MR) is 110 cm³/mol. The number of nitrogens with zero attached hydrogens (tertiary/aromatic N) is 2. The number of ether oxygens (including phenoxy) is 1. The van der Waals surface area contributed by atoms with Gasteiger partial charge in [-0.3, -0.25) is 4.79 Å². The zero-order valence-corrected chi connectivity index (χ0v) is 17.3. The van der Waals surface area contributed by atoms with Gasteiger partial charge in [-0.15, -0.1) is 0 Å². The van der Waals surface area contributed by atoms with Crippen LogP contribution in [0.3, 0.4) is 0 Å². The first-order valence-corrected chi connectivity index (χ1v) is 10.5. The van der Waals surface area contributed by atoms with Gasteiger partial charge in [-0.05, 0) is 48.2 Å². The van der Waals surface area contributed by atoms with Gasteiger partial charge >= 0.3 is 6.61 Å². The van der Waals surface area contributed by atoms with Crippen LogP contribution in [0.4, 0.5) is 23.2 Å². The molecule has 2 aromatic rings. The number of rotatable bonds is 6. The number of aromatic hydroxyl groups is 1. The largest absolute Gasteiger partial charge is 0.508 e. The number of carbonyl (C=O) groups is 1. The van der Waals surface area contributed by atoms with Crippen LogP contribution in [0.5, 0.6) is 11.5 Å². The normalized spacial score (nSPS) is 20.8. The van der Waals surface area contributed by atoms with Crippen LogP contribution in [0.15, 0.2) is 42.5 Å². The minimum Gasteiger partial charge on any atom is -0.508 e. The average Bonchev–Trinajstić information content (AvgIpc) is 3.13. The Bertz CT molecular complexity index is 968. The molecule has 172 valence electrons. The molecule has 32 heavy (non-hydrogen) atoms. The van der Waals surface area contributed by atoms with Crippen molar-refractivity contribution in [2.75, 3.05) is 24.5 Å². The van der Waals surface area contributed by atoms with Gasteiger partial charge in [-0.1, -0.05) is 18.2 Å². The van der Waals surface area contributed by atoms with Crippen molar-refractivity contribution in [1.82, 2.24) is 4.90 Å². The summed E-state index contributed by atoms with van der Waals surface area (Å²) in [4.78, 5) is 15.0. The highest BCUT2D eigenvalue weighted by molar-refractivity contribution is 5.78. The summed E-state index contributed by atoms with van der Waals surface area (Å²) in [6, 6.07) is 10.2. The van der Waals surface area contributed by atoms with Crippen molar-refractivity contribution < 1.29 is 32.2 Å². The Morgan fingerprint density at radius 1 is 1.12 bits per heavy atom. The van der Waals surface area contributed by atoms with Crippen molar-refractivity contribution in [3.8, 4) is 11.5 Å². The van der Waals surface area contributed by atoms with E-state index in [1.807, 2.05) is 0 Å². The van der Waals surface area contributed by atoms with Crippen molar-refractivity contribution in [2.45, 2.75) is 44.3 Å². The van der Waals surface area contributed by atoms with Gasteiger partial charge in [0.1, 0.15) is 11.5 Å². The van der Waals surface area contributed by atoms with Gasteiger partial charge in [-0.25, -0.2) is 8.78 Å². The second-order valence-electron chi connectivity index (χ2n) is 8.21. The lowest BCUT2D eigenvalue weighted by Crippen LogP contribution is -2.47. The summed E-state index contributed by atoms with van der Waals surface area (Å²) >= 11 is 0. The van der Waals surface area contributed by atoms with E-state index in [0.29, 0.717) is 30.6 Å². The van der Waals surface area contributed by atoms with Gasteiger partial charge in [-0.2, -0.15) is 8.78 Å². The van der Waals surface area contributed by atoms with Gasteiger partial charge in [0.2, 0.25) is 5.91 Å². The zero-order valence-electron chi connectivity index (χ0n) is 17.3. The molecule has 5 nitrogen and oxygen atoms in total. The van der Waals surface area contributed by atoms with Crippen molar-refractivity contribution in [3.63, 3.8) is 0 Å². The minimum atomic E-state index is -3.13. The van der Waals surface area contributed by atoms with E-state index in [1.165, 1.54) is 35.2 Å². The van der Waals surface area contributed by atoms with Crippen LogP contribution in [0.2, 0.25) is 0 Å². The van der Waals surface area contributed by atoms with Crippen LogP contribution >= 0.6 is 0 Å². The molecule has 0 spiro atoms. The van der Waals surface area contributed by atoms with E-state index in [2.05, 4.69) is 4.74 Å². The number of anilines is 1. The predicted octanol–water partition coefficient (Wildman–Crippen LogP) is 4.75. The molecule has 0 aromatic heterocycles. The Hall–Kier alpha value is -2.97. The molecular formula is C23H24F4N2O3. The van der Waals surface area contributed by atoms with Crippen LogP contribution in [-0.2, 0) is 11.3 Å². The molecule has 1 atom stereocenters. The van der Waals surface area contributed by atoms with E-state index in [0.717, 1.165) is 6.42 Å². The Morgan fingerprint density at radius 2 is 1.88 bits per heavy atom. The molecule has 9 heteroatoms. The molecule has 4 rings (SSSR count). The van der Waals surface area contributed by atoms with Gasteiger partial charge in [0.05, 0.1) is 18.2 Å². The van der Waals surface area contributed by atoms with Crippen LogP contribution in [0, 0.1) is 0 Å². The van der Waals surface area contributed by atoms with Crippen LogP contribution in [-0.4, -0.2) is 48.1 Å². The number of benzene rings is 2. The Kier molecular flexibility index (Phi) is 6.17. The standard InChI is InChI=1S/C23H24F4N2O3/c24-22(25)32-20-8-3-15(13-28-10-1-2-21(28)31)12-19(20)29-11-9-18(23(26,27)14-29)16-4-6-17(30)7-5-16/h3-8,12,18,22,30H,1-2,9-11,13-14H2. The summed E-state index contributed by atoms with van der Waals surface area (Å²) in [6.07, 6.45) is 1.33. The molecule has 2 aromatic carbocycles. The molecule has 2 aliphatic rings. The molecule has 0 aliphatic carbocycles. The Morgan fingerprint density at radius 3 is 2.50 bits per heavy atom. The third kappa shape index (κ3) is 4.76. The first-order valence-electron chi connectivity index (χ1n) is 10.5. The number of piperidine rings is 1. The number of halogens is 4. The number of amides is 1. The number of carbonyl (C=O) groups excluding carboxylic acids is 1. The summed E-state index contributed by atoms with van der Waals surface area (Å²) < 4.78 is 60.8. The SMILES string of the molecule is O=C1CCCN1Cc1ccc(OC(F)F)c(N2CCC(c3ccc(O)cc3)C(F)(F)C2)c1. The Labute approximate surface area is 183 Å². The quantitative estimate of drug-likeness (QED) is 0.643. The number of likely N-dealkylation sites (tertiary alicyclic amines) is 1. The van der Waals surface area contributed by atoms with E-state index >= 15 is 8.78 Å². The maximum absolute atomic E-state index is 15.1. The fourth-order valence-corrected chi connectivity index (χ4v) is 4.46. The lowest BCUT2D eigenvalue weighted by molar-refractivity contribution is -0.128. The Balaban J connectivity index is 1.58. The van der Waals surface area contributed by atoms with E-state index in [1.54, 1.807) is 17.0 Å². The highest BCUT2D eigenvalue weighted by Gasteiger charge is 2.46. The maximum atomic E-state index is 15.1. The van der Waals surface area contributed by atoms with Crippen LogP contribution in [0.1, 0.15) is 36.3 Å². The van der Waals surface area contributed by atoms with E-state index in [9.17, 15) is 18.7 Å². The summed E-state index contributed by atoms with van der Waals surface area (Å²) in [7, 11) is 0. The van der Waals surface area contributed by atoms with Gasteiger partial charge in [0.25, 0.3) is 5.92 Å². The van der Waals surface area contributed by atoms with Crippen molar-refractivity contribution in [1.29, 1.82) is 0 Å². The zero-order chi connectivity index (χ0) is 22.9.